The molecule has 90 heavy (non-hydrogen) atoms. The second-order valence-electron chi connectivity index (χ2n) is 21.9. The molecule has 0 radical (unpaired) electrons. The number of primary amides is 1. The van der Waals surface area contributed by atoms with Gasteiger partial charge in [0, 0.05) is 84.9 Å². The first-order chi connectivity index (χ1) is 42.7. The van der Waals surface area contributed by atoms with E-state index in [1.165, 1.54) is 17.4 Å². The molecule has 19 N–H and O–H groups in total. The second-order valence-corrected chi connectivity index (χ2v) is 21.9. The summed E-state index contributed by atoms with van der Waals surface area (Å²) < 4.78 is 31.7. The van der Waals surface area contributed by atoms with Gasteiger partial charge in [-0.05, 0) is 67.7 Å². The highest BCUT2D eigenvalue weighted by molar-refractivity contribution is 6.00. The van der Waals surface area contributed by atoms with E-state index in [1.54, 1.807) is 36.7 Å². The lowest BCUT2D eigenvalue weighted by atomic mass is 9.99. The third kappa shape index (κ3) is 20.0. The standard InChI is InChI=1S/C55H73N17O11.C2HF3O2/c1-29(2)19-39(48(77)66-38(13-7-17-60-55(57)58)54(83)72-18-8-14-44(72)53(82)63-26-45(56)74)67-49(78)40(20-30-23-61-35-11-5-3-9-33(30)35)69-52(81)43(27-73)71-50(79)41(21-31-24-62-36-12-6-4-10-34(31)36)68-51(80)42(22-32-25-59-28-64-32)70-47(76)37-15-16-46(75)65-37;3-2(4,5)1(6)7/h3-6,9-12,23-25,28-29,37-44,61-62,73H,7-8,13-22,26-27H2,1-2H3,(H2,56,74)(H,59,64)(H,63,82)(H,65,75)(H,66,77)(H,67,78)(H,68,80)(H,69,81)(H,70,76)(H,71,79)(H4,57,58,60);(H,6,7)/t37-,38-,39-,40+,41-,42-,43-,44-;/m0./s1. The van der Waals surface area contributed by atoms with Crippen molar-refractivity contribution in [3.8, 4) is 0 Å². The van der Waals surface area contributed by atoms with Gasteiger partial charge >= 0.3 is 12.1 Å². The number of aliphatic hydroxyl groups is 1. The molecule has 0 spiro atoms. The minimum absolute atomic E-state index is 0.0132. The number of nitrogens with one attached hydrogen (secondary N) is 11. The number of hydrogen-bond acceptors (Lipinski definition) is 14. The monoisotopic (exact) mass is 1260 g/mol. The molecule has 33 heteroatoms. The first-order valence-electron chi connectivity index (χ1n) is 28.7. The first kappa shape index (κ1) is 69.0. The van der Waals surface area contributed by atoms with E-state index < -0.39 is 127 Å². The number of H-pyrrole nitrogens is 3. The van der Waals surface area contributed by atoms with Gasteiger partial charge in [0.05, 0.1) is 19.5 Å². The van der Waals surface area contributed by atoms with Gasteiger partial charge in [-0.25, -0.2) is 9.78 Å². The largest absolute Gasteiger partial charge is 0.490 e. The molecule has 0 bridgehead atoms. The van der Waals surface area contributed by atoms with E-state index in [-0.39, 0.29) is 88.7 Å². The number of alkyl halides is 3. The molecule has 2 fully saturated rings. The number of halogens is 3. The third-order valence-corrected chi connectivity index (χ3v) is 14.6. The lowest BCUT2D eigenvalue weighted by Gasteiger charge is -2.30. The zero-order valence-electron chi connectivity index (χ0n) is 49.1. The molecule has 2 aliphatic rings. The number of carbonyl (C=O) groups excluding carboxylic acids is 10. The van der Waals surface area contributed by atoms with E-state index in [2.05, 4.69) is 67.5 Å². The fourth-order valence-corrected chi connectivity index (χ4v) is 10.2. The molecule has 5 aromatic rings. The highest BCUT2D eigenvalue weighted by Gasteiger charge is 2.41. The fraction of sp³-hybridized carbons (Fsp3) is 0.456. The number of aliphatic imine (C=N–C) groups is 1. The number of imidazole rings is 1. The Balaban J connectivity index is 0.00000174. The molecule has 10 amide bonds. The van der Waals surface area contributed by atoms with Crippen molar-refractivity contribution in [3.63, 3.8) is 0 Å². The Hall–Kier alpha value is -10.1. The van der Waals surface area contributed by atoms with Gasteiger partial charge in [0.25, 0.3) is 0 Å². The number of aliphatic carboxylic acids is 1. The van der Waals surface area contributed by atoms with Crippen LogP contribution in [-0.2, 0) is 72.0 Å². The molecule has 2 aliphatic heterocycles. The van der Waals surface area contributed by atoms with Crippen LogP contribution in [-0.4, -0.2) is 187 Å². The normalized spacial score (nSPS) is 16.6. The van der Waals surface area contributed by atoms with E-state index in [0.29, 0.717) is 34.1 Å². The molecule has 3 aromatic heterocycles. The minimum Gasteiger partial charge on any atom is -0.475 e. The van der Waals surface area contributed by atoms with Crippen molar-refractivity contribution in [1.29, 1.82) is 0 Å². The number of amides is 10. The Bertz CT molecular complexity index is 3400. The Morgan fingerprint density at radius 1 is 0.711 bits per heavy atom. The van der Waals surface area contributed by atoms with Gasteiger partial charge in [0.1, 0.15) is 48.3 Å². The minimum atomic E-state index is -5.08. The molecule has 30 nitrogen and oxygen atoms in total. The summed E-state index contributed by atoms with van der Waals surface area (Å²) in [5.74, 6) is -10.4. The first-order valence-corrected chi connectivity index (χ1v) is 28.7. The van der Waals surface area contributed by atoms with Gasteiger partial charge < -0.3 is 89.8 Å². The van der Waals surface area contributed by atoms with Crippen molar-refractivity contribution in [2.24, 2.45) is 28.1 Å². The summed E-state index contributed by atoms with van der Waals surface area (Å²) in [6.07, 6.45) is 1.99. The van der Waals surface area contributed by atoms with Crippen LogP contribution in [0.25, 0.3) is 21.8 Å². The summed E-state index contributed by atoms with van der Waals surface area (Å²) in [4.78, 5) is 165. The van der Waals surface area contributed by atoms with Crippen LogP contribution < -0.4 is 59.7 Å². The Morgan fingerprint density at radius 2 is 1.23 bits per heavy atom. The summed E-state index contributed by atoms with van der Waals surface area (Å²) >= 11 is 0. The summed E-state index contributed by atoms with van der Waals surface area (Å²) in [6.45, 7) is 2.45. The maximum atomic E-state index is 14.8. The zero-order valence-corrected chi connectivity index (χ0v) is 49.1. The lowest BCUT2D eigenvalue weighted by Crippen LogP contribution is -2.61. The molecule has 0 unspecified atom stereocenters. The number of benzene rings is 2. The van der Waals surface area contributed by atoms with Crippen LogP contribution in [0.3, 0.4) is 0 Å². The Labute approximate surface area is 512 Å². The van der Waals surface area contributed by atoms with Crippen molar-refractivity contribution >= 4 is 92.8 Å². The number of rotatable bonds is 29. The van der Waals surface area contributed by atoms with Gasteiger partial charge in [-0.15, -0.1) is 0 Å². The molecule has 8 atom stereocenters. The Kier molecular flexibility index (Phi) is 24.7. The van der Waals surface area contributed by atoms with Crippen molar-refractivity contribution in [3.05, 3.63) is 90.3 Å². The topological polar surface area (TPSA) is 478 Å². The number of nitrogens with zero attached hydrogens (tertiary/aromatic N) is 3. The average Bonchev–Trinajstić information content (AvgIpc) is 2.24. The number of aromatic amines is 3. The van der Waals surface area contributed by atoms with Crippen LogP contribution in [0.5, 0.6) is 0 Å². The number of fused-ring (bicyclic) bond motifs is 2. The number of hydrogen-bond donors (Lipinski definition) is 16. The van der Waals surface area contributed by atoms with Crippen LogP contribution in [0.4, 0.5) is 13.2 Å². The highest BCUT2D eigenvalue weighted by Crippen LogP contribution is 2.23. The van der Waals surface area contributed by atoms with Gasteiger partial charge in [0.2, 0.25) is 59.1 Å². The van der Waals surface area contributed by atoms with Crippen molar-refractivity contribution in [2.45, 2.75) is 133 Å². The van der Waals surface area contributed by atoms with E-state index >= 15 is 0 Å². The molecule has 2 saturated heterocycles. The molecule has 5 heterocycles. The van der Waals surface area contributed by atoms with Crippen LogP contribution in [0, 0.1) is 5.92 Å². The predicted molar refractivity (Wildman–Crippen MR) is 316 cm³/mol. The third-order valence-electron chi connectivity index (χ3n) is 14.6. The van der Waals surface area contributed by atoms with Crippen LogP contribution in [0.1, 0.15) is 75.6 Å². The van der Waals surface area contributed by atoms with Crippen LogP contribution in [0.2, 0.25) is 0 Å². The molecule has 0 saturated carbocycles. The van der Waals surface area contributed by atoms with E-state index in [0.717, 1.165) is 10.9 Å². The molecule has 0 aliphatic carbocycles. The number of guanidine groups is 1. The van der Waals surface area contributed by atoms with Gasteiger partial charge in [0.15, 0.2) is 5.96 Å². The van der Waals surface area contributed by atoms with E-state index in [1.807, 2.05) is 38.1 Å². The highest BCUT2D eigenvalue weighted by atomic mass is 19.4. The number of para-hydroxylation sites is 2. The summed E-state index contributed by atoms with van der Waals surface area (Å²) in [5.41, 5.74) is 19.4. The summed E-state index contributed by atoms with van der Waals surface area (Å²) in [5, 5.41) is 40.6. The van der Waals surface area contributed by atoms with Crippen LogP contribution >= 0.6 is 0 Å². The molecular weight excluding hydrogens is 1190 g/mol. The molecule has 2 aromatic carbocycles. The number of carboxylic acid groups (broad SMARTS) is 1. The number of aliphatic hydroxyl groups excluding tert-OH is 1. The predicted octanol–water partition coefficient (Wildman–Crippen LogP) is -2.09. The van der Waals surface area contributed by atoms with Crippen molar-refractivity contribution < 1.29 is 76.1 Å². The average molecular weight is 1260 g/mol. The number of carboxylic acids is 1. The van der Waals surface area contributed by atoms with Gasteiger partial charge in [-0.1, -0.05) is 50.2 Å². The fourth-order valence-electron chi connectivity index (χ4n) is 10.2. The van der Waals surface area contributed by atoms with Crippen LogP contribution in [0.15, 0.2) is 78.4 Å². The quantitative estimate of drug-likeness (QED) is 0.0139. The van der Waals surface area contributed by atoms with E-state index in [9.17, 15) is 66.2 Å². The summed E-state index contributed by atoms with van der Waals surface area (Å²) in [7, 11) is 0. The van der Waals surface area contributed by atoms with Gasteiger partial charge in [-0.3, -0.25) is 52.9 Å². The zero-order chi connectivity index (χ0) is 65.8. The number of nitrogens with two attached hydrogens (primary N) is 3. The smallest absolute Gasteiger partial charge is 0.475 e. The van der Waals surface area contributed by atoms with Crippen molar-refractivity contribution in [2.75, 3.05) is 26.2 Å². The van der Waals surface area contributed by atoms with E-state index in [4.69, 9.17) is 27.1 Å². The maximum absolute atomic E-state index is 14.8. The number of likely N-dealkylation sites (tertiary alicyclic amines) is 1. The molecular formula is C57H74F3N17O13. The number of carbonyl (C=O) groups is 11. The Morgan fingerprint density at radius 3 is 1.73 bits per heavy atom. The molecule has 7 rings (SSSR count). The summed E-state index contributed by atoms with van der Waals surface area (Å²) in [6, 6.07) is 4.07. The van der Waals surface area contributed by atoms with Gasteiger partial charge in [-0.2, -0.15) is 13.2 Å². The lowest BCUT2D eigenvalue weighted by molar-refractivity contribution is -0.192. The SMILES string of the molecule is CC(C)C[C@H](NC(=O)[C@@H](Cc1c[nH]c2ccccc12)NC(=O)[C@H](CO)NC(=O)[C@H](Cc1c[nH]c2ccccc12)NC(=O)[C@H](Cc1cnc[nH]1)NC(=O)[C@@H]1CCC(=O)N1)C(=O)N[C@@H](CCCN=C(N)N)C(=O)N1CCC[C@H]1C(=O)NCC(N)=O.O=C(O)C(F)(F)F. The number of aromatic nitrogens is 4. The molecule has 486 valence electrons. The van der Waals surface area contributed by atoms with Crippen molar-refractivity contribution in [1.82, 2.24) is 67.4 Å². The second kappa shape index (κ2) is 32.2. The maximum Gasteiger partial charge on any atom is 0.490 e.